The molecular formula is C9H12IN3O2. The number of hydrogen-bond donors (Lipinski definition) is 3. The fourth-order valence-electron chi connectivity index (χ4n) is 1.26. The van der Waals surface area contributed by atoms with Crippen LogP contribution in [-0.2, 0) is 6.54 Å². The first-order valence-corrected chi connectivity index (χ1v) is 5.46. The fourth-order valence-corrected chi connectivity index (χ4v) is 1.45. The lowest BCUT2D eigenvalue weighted by Crippen LogP contribution is -2.23. The van der Waals surface area contributed by atoms with Gasteiger partial charge < -0.3 is 15.6 Å². The van der Waals surface area contributed by atoms with Gasteiger partial charge in [0.2, 0.25) is 0 Å². The van der Waals surface area contributed by atoms with Crippen molar-refractivity contribution < 1.29 is 4.79 Å². The molecule has 0 saturated carbocycles. The molecule has 0 bridgehead atoms. The van der Waals surface area contributed by atoms with Crippen LogP contribution in [0.15, 0.2) is 10.9 Å². The Morgan fingerprint density at radius 3 is 2.80 bits per heavy atom. The van der Waals surface area contributed by atoms with E-state index >= 15 is 0 Å². The molecule has 1 rings (SSSR count). The van der Waals surface area contributed by atoms with Gasteiger partial charge in [-0.2, -0.15) is 0 Å². The maximum absolute atomic E-state index is 11.6. The van der Waals surface area contributed by atoms with E-state index in [0.717, 1.165) is 5.69 Å². The Balaban J connectivity index is 3.04. The molecule has 0 radical (unpaired) electrons. The highest BCUT2D eigenvalue weighted by molar-refractivity contribution is 14.1. The number of H-pyrrole nitrogens is 1. The minimum atomic E-state index is -0.186. The van der Waals surface area contributed by atoms with Crippen molar-refractivity contribution in [1.82, 2.24) is 10.3 Å². The monoisotopic (exact) mass is 321 g/mol. The summed E-state index contributed by atoms with van der Waals surface area (Å²) in [7, 11) is 1.72. The van der Waals surface area contributed by atoms with Gasteiger partial charge in [0.1, 0.15) is 5.82 Å². The maximum atomic E-state index is 11.6. The summed E-state index contributed by atoms with van der Waals surface area (Å²) >= 11 is 1.63. The first kappa shape index (κ1) is 12.0. The Hall–Kier alpha value is -1.05. The highest BCUT2D eigenvalue weighted by Gasteiger charge is 2.07. The summed E-state index contributed by atoms with van der Waals surface area (Å²) in [6.45, 7) is 2.04. The SMILES string of the molecule is CNc1[nH]c(C)cc(=O)c1CNC(=O)I. The van der Waals surface area contributed by atoms with Gasteiger partial charge in [-0.15, -0.1) is 0 Å². The van der Waals surface area contributed by atoms with Crippen LogP contribution < -0.4 is 16.1 Å². The molecule has 82 valence electrons. The smallest absolute Gasteiger partial charge is 0.280 e. The molecule has 0 fully saturated rings. The lowest BCUT2D eigenvalue weighted by Gasteiger charge is -2.09. The molecule has 0 atom stereocenters. The summed E-state index contributed by atoms with van der Waals surface area (Å²) in [5.41, 5.74) is 1.24. The lowest BCUT2D eigenvalue weighted by molar-refractivity contribution is 0.262. The molecule has 0 aliphatic heterocycles. The lowest BCUT2D eigenvalue weighted by atomic mass is 10.2. The molecule has 0 aromatic carbocycles. The molecule has 6 heteroatoms. The Labute approximate surface area is 101 Å². The Kier molecular flexibility index (Phi) is 4.13. The molecule has 0 saturated heterocycles. The third kappa shape index (κ3) is 3.22. The number of carbonyl (C=O) groups excluding carboxylic acids is 1. The van der Waals surface area contributed by atoms with Gasteiger partial charge in [-0.1, -0.05) is 0 Å². The standard InChI is InChI=1S/C9H12IN3O2/c1-5-3-7(14)6(4-12-9(10)15)8(11-2)13-5/h3H,4H2,1-2H3,(H,12,15)(H2,11,13,14). The predicted octanol–water partition coefficient (Wildman–Crippen LogP) is 1.37. The van der Waals surface area contributed by atoms with Crippen LogP contribution in [0.5, 0.6) is 0 Å². The number of rotatable bonds is 3. The summed E-state index contributed by atoms with van der Waals surface area (Å²) in [5.74, 6) is 0.644. The molecule has 15 heavy (non-hydrogen) atoms. The van der Waals surface area contributed by atoms with Crippen molar-refractivity contribution in [2.24, 2.45) is 0 Å². The summed E-state index contributed by atoms with van der Waals surface area (Å²) in [5, 5.41) is 5.48. The van der Waals surface area contributed by atoms with Crippen LogP contribution in [0.3, 0.4) is 0 Å². The van der Waals surface area contributed by atoms with Gasteiger partial charge in [0.15, 0.2) is 5.43 Å². The third-order valence-electron chi connectivity index (χ3n) is 1.92. The minimum absolute atomic E-state index is 0.0826. The Morgan fingerprint density at radius 2 is 2.27 bits per heavy atom. The van der Waals surface area contributed by atoms with Crippen LogP contribution in [0.1, 0.15) is 11.3 Å². The second kappa shape index (κ2) is 5.15. The molecule has 1 aromatic rings. The Morgan fingerprint density at radius 1 is 1.60 bits per heavy atom. The second-order valence-electron chi connectivity index (χ2n) is 3.05. The van der Waals surface area contributed by atoms with E-state index in [1.54, 1.807) is 29.6 Å². The van der Waals surface area contributed by atoms with E-state index in [-0.39, 0.29) is 15.9 Å². The molecule has 1 aromatic heterocycles. The first-order chi connectivity index (χ1) is 7.04. The number of carbonyl (C=O) groups is 1. The van der Waals surface area contributed by atoms with Crippen molar-refractivity contribution in [3.05, 3.63) is 27.5 Å². The van der Waals surface area contributed by atoms with Crippen LogP contribution in [0, 0.1) is 6.92 Å². The van der Waals surface area contributed by atoms with E-state index in [1.165, 1.54) is 6.07 Å². The van der Waals surface area contributed by atoms with E-state index in [9.17, 15) is 9.59 Å². The van der Waals surface area contributed by atoms with Crippen molar-refractivity contribution in [3.8, 4) is 0 Å². The highest BCUT2D eigenvalue weighted by Crippen LogP contribution is 2.07. The molecule has 0 aliphatic carbocycles. The number of amides is 1. The van der Waals surface area contributed by atoms with E-state index in [2.05, 4.69) is 15.6 Å². The van der Waals surface area contributed by atoms with Crippen molar-refractivity contribution in [2.75, 3.05) is 12.4 Å². The number of aromatic nitrogens is 1. The predicted molar refractivity (Wildman–Crippen MR) is 67.6 cm³/mol. The number of nitrogens with one attached hydrogen (secondary N) is 3. The molecule has 1 heterocycles. The molecule has 0 unspecified atom stereocenters. The number of aromatic amines is 1. The molecule has 0 spiro atoms. The number of hydrogen-bond acceptors (Lipinski definition) is 3. The topological polar surface area (TPSA) is 74.0 Å². The molecule has 5 nitrogen and oxygen atoms in total. The zero-order chi connectivity index (χ0) is 11.4. The largest absolute Gasteiger partial charge is 0.374 e. The molecule has 1 amide bonds. The normalized spacial score (nSPS) is 9.80. The fraction of sp³-hybridized carbons (Fsp3) is 0.333. The van der Waals surface area contributed by atoms with E-state index in [0.29, 0.717) is 11.4 Å². The maximum Gasteiger partial charge on any atom is 0.280 e. The van der Waals surface area contributed by atoms with Crippen LogP contribution in [-0.4, -0.2) is 15.9 Å². The van der Waals surface area contributed by atoms with Gasteiger partial charge in [0, 0.05) is 41.4 Å². The van der Waals surface area contributed by atoms with Crippen molar-refractivity contribution in [1.29, 1.82) is 0 Å². The van der Waals surface area contributed by atoms with Crippen molar-refractivity contribution in [3.63, 3.8) is 0 Å². The van der Waals surface area contributed by atoms with Crippen molar-refractivity contribution in [2.45, 2.75) is 13.5 Å². The second-order valence-corrected chi connectivity index (χ2v) is 4.03. The Bertz CT molecular complexity index is 428. The van der Waals surface area contributed by atoms with Gasteiger partial charge in [-0.05, 0) is 6.92 Å². The van der Waals surface area contributed by atoms with E-state index < -0.39 is 0 Å². The number of aryl methyl sites for hydroxylation is 1. The molecule has 0 aliphatic rings. The van der Waals surface area contributed by atoms with Gasteiger partial charge in [-0.25, -0.2) is 0 Å². The van der Waals surface area contributed by atoms with Crippen LogP contribution in [0.4, 0.5) is 10.6 Å². The number of anilines is 1. The highest BCUT2D eigenvalue weighted by atomic mass is 127. The van der Waals surface area contributed by atoms with Gasteiger partial charge in [0.05, 0.1) is 12.1 Å². The van der Waals surface area contributed by atoms with Crippen LogP contribution >= 0.6 is 22.6 Å². The van der Waals surface area contributed by atoms with Gasteiger partial charge in [-0.3, -0.25) is 9.59 Å². The zero-order valence-corrected chi connectivity index (χ0v) is 10.6. The average Bonchev–Trinajstić information content (AvgIpc) is 2.14. The van der Waals surface area contributed by atoms with Crippen molar-refractivity contribution >= 4 is 32.3 Å². The van der Waals surface area contributed by atoms with Gasteiger partial charge in [0.25, 0.3) is 3.91 Å². The summed E-state index contributed by atoms with van der Waals surface area (Å²) in [6.07, 6.45) is 0. The quantitative estimate of drug-likeness (QED) is 0.447. The van der Waals surface area contributed by atoms with Crippen LogP contribution in [0.2, 0.25) is 0 Å². The molecule has 3 N–H and O–H groups in total. The van der Waals surface area contributed by atoms with E-state index in [1.807, 2.05) is 6.92 Å². The van der Waals surface area contributed by atoms with Crippen LogP contribution in [0.25, 0.3) is 0 Å². The summed E-state index contributed by atoms with van der Waals surface area (Å²) in [4.78, 5) is 25.4. The number of halogens is 1. The first-order valence-electron chi connectivity index (χ1n) is 4.38. The average molecular weight is 321 g/mol. The third-order valence-corrected chi connectivity index (χ3v) is 2.30. The van der Waals surface area contributed by atoms with Gasteiger partial charge >= 0.3 is 0 Å². The van der Waals surface area contributed by atoms with E-state index in [4.69, 9.17) is 0 Å². The minimum Gasteiger partial charge on any atom is -0.374 e. The molecular weight excluding hydrogens is 309 g/mol. The summed E-state index contributed by atoms with van der Waals surface area (Å²) in [6, 6.07) is 1.51. The number of pyridine rings is 1. The zero-order valence-electron chi connectivity index (χ0n) is 8.48. The summed E-state index contributed by atoms with van der Waals surface area (Å²) < 4.78 is -0.186.